The van der Waals surface area contributed by atoms with Crippen LogP contribution >= 0.6 is 0 Å². The lowest BCUT2D eigenvalue weighted by molar-refractivity contribution is -0.139. The van der Waals surface area contributed by atoms with E-state index in [-0.39, 0.29) is 42.1 Å². The number of anilines is 1. The van der Waals surface area contributed by atoms with E-state index in [0.717, 1.165) is 57.7 Å². The van der Waals surface area contributed by atoms with Gasteiger partial charge < -0.3 is 19.9 Å². The zero-order chi connectivity index (χ0) is 26.1. The molecule has 3 heterocycles. The highest BCUT2D eigenvalue weighted by Gasteiger charge is 2.56. The summed E-state index contributed by atoms with van der Waals surface area (Å²) in [5.41, 5.74) is 1.67. The maximum absolute atomic E-state index is 13.8. The van der Waals surface area contributed by atoms with Crippen LogP contribution in [0.2, 0.25) is 0 Å². The van der Waals surface area contributed by atoms with Gasteiger partial charge in [0.05, 0.1) is 6.10 Å². The van der Waals surface area contributed by atoms with Gasteiger partial charge in [-0.15, -0.1) is 0 Å². The Morgan fingerprint density at radius 3 is 2.41 bits per heavy atom. The number of nitrogens with one attached hydrogen (secondary N) is 1. The number of likely N-dealkylation sites (tertiary alicyclic amines) is 1. The van der Waals surface area contributed by atoms with Gasteiger partial charge in [0.2, 0.25) is 5.91 Å². The standard InChI is InChI=1S/C29H42N4O4/c1-4-12-31-13-15-32(16-14-31)22-10-8-21(9-11-22)28(35)30-25(19(3)5-2)29(36)33-17-23(20-6-7-20)27-26(33)24(34)18-37-27/h8-11,19-20,23,25-27H,4-7,12-18H2,1-3H3,(H,30,35)/t19-,23-,25-,26+,27+/m0/s1. The number of ketones is 1. The summed E-state index contributed by atoms with van der Waals surface area (Å²) < 4.78 is 5.84. The van der Waals surface area contributed by atoms with Crippen LogP contribution < -0.4 is 10.2 Å². The van der Waals surface area contributed by atoms with Crippen LogP contribution in [0.4, 0.5) is 5.69 Å². The highest BCUT2D eigenvalue weighted by molar-refractivity contribution is 5.99. The molecule has 1 aromatic carbocycles. The van der Waals surface area contributed by atoms with E-state index < -0.39 is 12.1 Å². The summed E-state index contributed by atoms with van der Waals surface area (Å²) in [7, 11) is 0. The van der Waals surface area contributed by atoms with E-state index in [1.54, 1.807) is 4.90 Å². The SMILES string of the molecule is CCCN1CCN(c2ccc(C(=O)N[C@H](C(=O)N3C[C@@H](C4CC4)[C@H]4OCC(=O)[C@H]43)[C@@H](C)CC)cc2)CC1. The van der Waals surface area contributed by atoms with Crippen LogP contribution in [0.5, 0.6) is 0 Å². The summed E-state index contributed by atoms with van der Waals surface area (Å²) in [6.45, 7) is 12.1. The van der Waals surface area contributed by atoms with Gasteiger partial charge in [0, 0.05) is 49.9 Å². The van der Waals surface area contributed by atoms with E-state index in [1.165, 1.54) is 6.42 Å². The van der Waals surface area contributed by atoms with E-state index in [2.05, 4.69) is 22.0 Å². The molecular weight excluding hydrogens is 468 g/mol. The second kappa shape index (κ2) is 11.1. The number of hydrogen-bond donors (Lipinski definition) is 1. The highest BCUT2D eigenvalue weighted by Crippen LogP contribution is 2.46. The molecule has 3 aliphatic heterocycles. The van der Waals surface area contributed by atoms with E-state index in [1.807, 2.05) is 38.1 Å². The van der Waals surface area contributed by atoms with Crippen molar-refractivity contribution >= 4 is 23.3 Å². The predicted octanol–water partition coefficient (Wildman–Crippen LogP) is 2.57. The quantitative estimate of drug-likeness (QED) is 0.550. The second-order valence-electron chi connectivity index (χ2n) is 11.4. The fourth-order valence-corrected chi connectivity index (χ4v) is 6.32. The van der Waals surface area contributed by atoms with Crippen molar-refractivity contribution in [3.8, 4) is 0 Å². The van der Waals surface area contributed by atoms with E-state index in [4.69, 9.17) is 4.74 Å². The second-order valence-corrected chi connectivity index (χ2v) is 11.4. The van der Waals surface area contributed by atoms with Crippen molar-refractivity contribution in [2.24, 2.45) is 17.8 Å². The predicted molar refractivity (Wildman–Crippen MR) is 143 cm³/mol. The number of amides is 2. The molecule has 0 aromatic heterocycles. The van der Waals surface area contributed by atoms with Gasteiger partial charge >= 0.3 is 0 Å². The molecule has 1 N–H and O–H groups in total. The minimum absolute atomic E-state index is 0.0122. The molecule has 2 amide bonds. The highest BCUT2D eigenvalue weighted by atomic mass is 16.5. The van der Waals surface area contributed by atoms with Gasteiger partial charge in [-0.25, -0.2) is 0 Å². The zero-order valence-corrected chi connectivity index (χ0v) is 22.5. The normalized spacial score (nSPS) is 27.8. The van der Waals surface area contributed by atoms with Crippen LogP contribution in [-0.4, -0.2) is 91.5 Å². The summed E-state index contributed by atoms with van der Waals surface area (Å²) in [5, 5.41) is 3.03. The monoisotopic (exact) mass is 510 g/mol. The number of ether oxygens (including phenoxy) is 1. The van der Waals surface area contributed by atoms with Crippen molar-refractivity contribution in [3.05, 3.63) is 29.8 Å². The van der Waals surface area contributed by atoms with Crippen molar-refractivity contribution in [1.29, 1.82) is 0 Å². The Morgan fingerprint density at radius 1 is 1.08 bits per heavy atom. The van der Waals surface area contributed by atoms with Crippen molar-refractivity contribution in [1.82, 2.24) is 15.1 Å². The van der Waals surface area contributed by atoms with Crippen molar-refractivity contribution in [2.75, 3.05) is 50.8 Å². The fraction of sp³-hybridized carbons (Fsp3) is 0.690. The van der Waals surface area contributed by atoms with Crippen LogP contribution in [0, 0.1) is 17.8 Å². The van der Waals surface area contributed by atoms with Crippen LogP contribution in [0.1, 0.15) is 56.8 Å². The smallest absolute Gasteiger partial charge is 0.251 e. The average molecular weight is 511 g/mol. The topological polar surface area (TPSA) is 82.2 Å². The Labute approximate surface area is 220 Å². The fourth-order valence-electron chi connectivity index (χ4n) is 6.32. The molecular formula is C29H42N4O4. The molecule has 37 heavy (non-hydrogen) atoms. The number of rotatable bonds is 9. The Bertz CT molecular complexity index is 986. The van der Waals surface area contributed by atoms with Crippen LogP contribution in [0.25, 0.3) is 0 Å². The van der Waals surface area contributed by atoms with Gasteiger partial charge in [0.1, 0.15) is 18.7 Å². The molecule has 0 spiro atoms. The third-order valence-corrected chi connectivity index (χ3v) is 8.91. The molecule has 0 bridgehead atoms. The molecule has 1 aliphatic carbocycles. The number of nitrogens with zero attached hydrogens (tertiary/aromatic N) is 3. The van der Waals surface area contributed by atoms with Crippen LogP contribution in [0.3, 0.4) is 0 Å². The van der Waals surface area contributed by atoms with Gasteiger partial charge in [-0.2, -0.15) is 0 Å². The summed E-state index contributed by atoms with van der Waals surface area (Å²) in [4.78, 5) is 46.3. The lowest BCUT2D eigenvalue weighted by Gasteiger charge is -2.36. The van der Waals surface area contributed by atoms with Crippen molar-refractivity contribution < 1.29 is 19.1 Å². The maximum atomic E-state index is 13.8. The number of piperazine rings is 1. The first kappa shape index (κ1) is 26.2. The zero-order valence-electron chi connectivity index (χ0n) is 22.5. The number of carbonyl (C=O) groups excluding carboxylic acids is 3. The molecule has 8 nitrogen and oxygen atoms in total. The van der Waals surface area contributed by atoms with Gasteiger partial charge in [0.25, 0.3) is 5.91 Å². The Morgan fingerprint density at radius 2 is 1.78 bits per heavy atom. The summed E-state index contributed by atoms with van der Waals surface area (Å²) in [5.74, 6) is 0.307. The van der Waals surface area contributed by atoms with Gasteiger partial charge in [-0.1, -0.05) is 27.2 Å². The summed E-state index contributed by atoms with van der Waals surface area (Å²) >= 11 is 0. The first-order chi connectivity index (χ1) is 17.9. The molecule has 5 rings (SSSR count). The molecule has 1 aromatic rings. The molecule has 3 saturated heterocycles. The van der Waals surface area contributed by atoms with E-state index >= 15 is 0 Å². The number of benzene rings is 1. The molecule has 202 valence electrons. The minimum Gasteiger partial charge on any atom is -0.369 e. The van der Waals surface area contributed by atoms with Gasteiger partial charge in [-0.05, 0) is 61.9 Å². The molecule has 4 aliphatic rings. The molecule has 0 radical (unpaired) electrons. The lowest BCUT2D eigenvalue weighted by atomic mass is 9.96. The van der Waals surface area contributed by atoms with Crippen molar-refractivity contribution in [3.63, 3.8) is 0 Å². The van der Waals surface area contributed by atoms with Crippen LogP contribution in [-0.2, 0) is 14.3 Å². The molecule has 5 atom stereocenters. The lowest BCUT2D eigenvalue weighted by Crippen LogP contribution is -2.54. The third kappa shape index (κ3) is 5.41. The van der Waals surface area contributed by atoms with E-state index in [0.29, 0.717) is 18.0 Å². The Kier molecular flexibility index (Phi) is 7.86. The number of fused-ring (bicyclic) bond motifs is 1. The Balaban J connectivity index is 1.25. The van der Waals surface area contributed by atoms with Gasteiger partial charge in [0.15, 0.2) is 5.78 Å². The van der Waals surface area contributed by atoms with Crippen molar-refractivity contribution in [2.45, 2.75) is 64.6 Å². The van der Waals surface area contributed by atoms with Gasteiger partial charge in [-0.3, -0.25) is 19.3 Å². The Hall–Kier alpha value is -2.45. The molecule has 0 unspecified atom stereocenters. The minimum atomic E-state index is -0.671. The number of carbonyl (C=O) groups is 3. The maximum Gasteiger partial charge on any atom is 0.251 e. The largest absolute Gasteiger partial charge is 0.369 e. The van der Waals surface area contributed by atoms with Crippen LogP contribution in [0.15, 0.2) is 24.3 Å². The third-order valence-electron chi connectivity index (χ3n) is 8.91. The summed E-state index contributed by atoms with van der Waals surface area (Å²) in [6, 6.07) is 6.54. The summed E-state index contributed by atoms with van der Waals surface area (Å²) in [6.07, 6.45) is 4.02. The average Bonchev–Trinajstić information content (AvgIpc) is 3.59. The molecule has 1 saturated carbocycles. The first-order valence-electron chi connectivity index (χ1n) is 14.2. The molecule has 4 fully saturated rings. The van der Waals surface area contributed by atoms with E-state index in [9.17, 15) is 14.4 Å². The number of hydrogen-bond acceptors (Lipinski definition) is 6. The number of Topliss-reactive ketones (excluding diaryl/α,β-unsaturated/α-hetero) is 1. The molecule has 8 heteroatoms. The first-order valence-corrected chi connectivity index (χ1v) is 14.2.